The molecule has 88 valence electrons. The summed E-state index contributed by atoms with van der Waals surface area (Å²) in [6, 6.07) is 5.25. The number of thioether (sulfide) groups is 1. The lowest BCUT2D eigenvalue weighted by Gasteiger charge is -2.16. The van der Waals surface area contributed by atoms with Gasteiger partial charge in [-0.25, -0.2) is 0 Å². The third kappa shape index (κ3) is 3.68. The average Bonchev–Trinajstić information content (AvgIpc) is 2.28. The fourth-order valence-corrected chi connectivity index (χ4v) is 2.06. The van der Waals surface area contributed by atoms with Crippen molar-refractivity contribution in [2.75, 3.05) is 25.6 Å². The van der Waals surface area contributed by atoms with E-state index in [1.165, 1.54) is 0 Å². The van der Waals surface area contributed by atoms with Gasteiger partial charge in [0.1, 0.15) is 0 Å². The van der Waals surface area contributed by atoms with E-state index in [1.54, 1.807) is 41.9 Å². The van der Waals surface area contributed by atoms with E-state index < -0.39 is 0 Å². The molecular weight excluding hydrogens is 310 g/mol. The van der Waals surface area contributed by atoms with Crippen LogP contribution >= 0.6 is 39.3 Å². The maximum atomic E-state index is 12.0. The highest BCUT2D eigenvalue weighted by Gasteiger charge is 2.12. The van der Waals surface area contributed by atoms with Gasteiger partial charge in [0.2, 0.25) is 0 Å². The zero-order valence-corrected chi connectivity index (χ0v) is 12.3. The van der Waals surface area contributed by atoms with Crippen LogP contribution in [-0.4, -0.2) is 36.4 Å². The highest BCUT2D eigenvalue weighted by molar-refractivity contribution is 9.10. The molecule has 0 unspecified atom stereocenters. The highest BCUT2D eigenvalue weighted by atomic mass is 79.9. The van der Waals surface area contributed by atoms with Gasteiger partial charge < -0.3 is 4.90 Å². The summed E-state index contributed by atoms with van der Waals surface area (Å²) in [5.74, 6) is 0.940. The Morgan fingerprint density at radius 2 is 2.25 bits per heavy atom. The van der Waals surface area contributed by atoms with Crippen LogP contribution in [-0.2, 0) is 0 Å². The molecule has 0 aromatic heterocycles. The molecule has 1 amide bonds. The molecule has 0 N–H and O–H groups in total. The number of hydrogen-bond acceptors (Lipinski definition) is 2. The van der Waals surface area contributed by atoms with Crippen LogP contribution in [0.3, 0.4) is 0 Å². The standard InChI is InChI=1S/C11H13BrClNOS/c1-14(5-6-16-2)11(15)8-3-4-9(12)10(13)7-8/h3-4,7H,5-6H2,1-2H3. The maximum Gasteiger partial charge on any atom is 0.253 e. The summed E-state index contributed by atoms with van der Waals surface area (Å²) in [6.45, 7) is 0.744. The van der Waals surface area contributed by atoms with Crippen LogP contribution < -0.4 is 0 Å². The minimum Gasteiger partial charge on any atom is -0.341 e. The fourth-order valence-electron chi connectivity index (χ4n) is 1.18. The molecule has 16 heavy (non-hydrogen) atoms. The number of nitrogens with zero attached hydrogens (tertiary/aromatic N) is 1. The molecule has 1 aromatic carbocycles. The maximum absolute atomic E-state index is 12.0. The molecule has 0 atom stereocenters. The third-order valence-electron chi connectivity index (χ3n) is 2.14. The molecule has 0 aliphatic rings. The van der Waals surface area contributed by atoms with Crippen LogP contribution in [0.1, 0.15) is 10.4 Å². The number of amides is 1. The second-order valence-electron chi connectivity index (χ2n) is 3.35. The smallest absolute Gasteiger partial charge is 0.253 e. The summed E-state index contributed by atoms with van der Waals surface area (Å²) in [5.41, 5.74) is 0.622. The normalized spacial score (nSPS) is 10.2. The van der Waals surface area contributed by atoms with Crippen molar-refractivity contribution in [3.63, 3.8) is 0 Å². The summed E-state index contributed by atoms with van der Waals surface area (Å²) in [5, 5.41) is 0.559. The summed E-state index contributed by atoms with van der Waals surface area (Å²) < 4.78 is 0.803. The van der Waals surface area contributed by atoms with Gasteiger partial charge in [-0.3, -0.25) is 4.79 Å². The lowest BCUT2D eigenvalue weighted by molar-refractivity contribution is 0.0804. The highest BCUT2D eigenvalue weighted by Crippen LogP contribution is 2.23. The molecule has 2 nitrogen and oxygen atoms in total. The van der Waals surface area contributed by atoms with Crippen molar-refractivity contribution in [2.24, 2.45) is 0 Å². The van der Waals surface area contributed by atoms with E-state index in [-0.39, 0.29) is 5.91 Å². The minimum absolute atomic E-state index is 0.00319. The monoisotopic (exact) mass is 321 g/mol. The lowest BCUT2D eigenvalue weighted by atomic mass is 10.2. The topological polar surface area (TPSA) is 20.3 Å². The number of hydrogen-bond donors (Lipinski definition) is 0. The first-order valence-corrected chi connectivity index (χ1v) is 7.32. The minimum atomic E-state index is 0.00319. The quantitative estimate of drug-likeness (QED) is 0.845. The Labute approximate surface area is 113 Å². The predicted molar refractivity (Wildman–Crippen MR) is 74.5 cm³/mol. The SMILES string of the molecule is CSCCN(C)C(=O)c1ccc(Br)c(Cl)c1. The van der Waals surface area contributed by atoms with Gasteiger partial charge in [0.05, 0.1) is 5.02 Å². The molecule has 1 rings (SSSR count). The first kappa shape index (κ1) is 13.9. The summed E-state index contributed by atoms with van der Waals surface area (Å²) in [4.78, 5) is 13.7. The van der Waals surface area contributed by atoms with Crippen LogP contribution in [0.2, 0.25) is 5.02 Å². The Morgan fingerprint density at radius 3 is 2.81 bits per heavy atom. The van der Waals surface area contributed by atoms with E-state index in [2.05, 4.69) is 15.9 Å². The summed E-state index contributed by atoms with van der Waals surface area (Å²) in [6.07, 6.45) is 2.02. The average molecular weight is 323 g/mol. The van der Waals surface area contributed by atoms with Gasteiger partial charge in [-0.05, 0) is 40.4 Å². The Hall–Kier alpha value is -0.190. The Kier molecular flexibility index (Phi) is 5.66. The number of benzene rings is 1. The van der Waals surface area contributed by atoms with Crippen molar-refractivity contribution in [3.8, 4) is 0 Å². The lowest BCUT2D eigenvalue weighted by Crippen LogP contribution is -2.28. The van der Waals surface area contributed by atoms with Crippen molar-refractivity contribution >= 4 is 45.2 Å². The van der Waals surface area contributed by atoms with Gasteiger partial charge in [-0.15, -0.1) is 0 Å². The van der Waals surface area contributed by atoms with Crippen LogP contribution in [0.4, 0.5) is 0 Å². The number of halogens is 2. The molecule has 1 aromatic rings. The van der Waals surface area contributed by atoms with Crippen molar-refractivity contribution in [3.05, 3.63) is 33.3 Å². The summed E-state index contributed by atoms with van der Waals surface area (Å²) >= 11 is 11.0. The largest absolute Gasteiger partial charge is 0.341 e. The first-order valence-electron chi connectivity index (χ1n) is 4.75. The first-order chi connectivity index (χ1) is 7.56. The molecule has 0 aliphatic heterocycles. The fraction of sp³-hybridized carbons (Fsp3) is 0.364. The second kappa shape index (κ2) is 6.52. The zero-order chi connectivity index (χ0) is 12.1. The molecule has 0 radical (unpaired) electrons. The molecule has 0 bridgehead atoms. The second-order valence-corrected chi connectivity index (χ2v) is 5.60. The number of carbonyl (C=O) groups is 1. The van der Waals surface area contributed by atoms with Gasteiger partial charge in [-0.2, -0.15) is 11.8 Å². The van der Waals surface area contributed by atoms with E-state index in [0.29, 0.717) is 10.6 Å². The van der Waals surface area contributed by atoms with Gasteiger partial charge in [0, 0.05) is 29.4 Å². The van der Waals surface area contributed by atoms with Gasteiger partial charge in [-0.1, -0.05) is 11.6 Å². The van der Waals surface area contributed by atoms with E-state index in [1.807, 2.05) is 6.26 Å². The van der Waals surface area contributed by atoms with Crippen LogP contribution in [0.5, 0.6) is 0 Å². The molecule has 5 heteroatoms. The molecule has 0 fully saturated rings. The van der Waals surface area contributed by atoms with E-state index in [9.17, 15) is 4.79 Å². The molecule has 0 aliphatic carbocycles. The molecular formula is C11H13BrClNOS. The Bertz CT molecular complexity index is 386. The van der Waals surface area contributed by atoms with Gasteiger partial charge in [0.25, 0.3) is 5.91 Å². The van der Waals surface area contributed by atoms with Crippen LogP contribution in [0.15, 0.2) is 22.7 Å². The number of rotatable bonds is 4. The zero-order valence-electron chi connectivity index (χ0n) is 9.17. The molecule has 0 spiro atoms. The van der Waals surface area contributed by atoms with Gasteiger partial charge >= 0.3 is 0 Å². The Morgan fingerprint density at radius 1 is 1.56 bits per heavy atom. The van der Waals surface area contributed by atoms with Crippen molar-refractivity contribution < 1.29 is 4.79 Å². The van der Waals surface area contributed by atoms with Gasteiger partial charge in [0.15, 0.2) is 0 Å². The van der Waals surface area contributed by atoms with E-state index in [4.69, 9.17) is 11.6 Å². The molecule has 0 saturated carbocycles. The molecule has 0 saturated heterocycles. The number of carbonyl (C=O) groups excluding carboxylic acids is 1. The van der Waals surface area contributed by atoms with Crippen molar-refractivity contribution in [1.29, 1.82) is 0 Å². The van der Waals surface area contributed by atoms with Crippen LogP contribution in [0, 0.1) is 0 Å². The van der Waals surface area contributed by atoms with E-state index in [0.717, 1.165) is 16.8 Å². The Balaban J connectivity index is 2.76. The van der Waals surface area contributed by atoms with Crippen molar-refractivity contribution in [2.45, 2.75) is 0 Å². The van der Waals surface area contributed by atoms with Crippen LogP contribution in [0.25, 0.3) is 0 Å². The van der Waals surface area contributed by atoms with Crippen molar-refractivity contribution in [1.82, 2.24) is 4.90 Å². The van der Waals surface area contributed by atoms with E-state index >= 15 is 0 Å². The predicted octanol–water partition coefficient (Wildman–Crippen LogP) is 3.54. The summed E-state index contributed by atoms with van der Waals surface area (Å²) in [7, 11) is 1.80. The third-order valence-corrected chi connectivity index (χ3v) is 3.97. The molecule has 0 heterocycles.